The Bertz CT molecular complexity index is 529. The Labute approximate surface area is 103 Å². The summed E-state index contributed by atoms with van der Waals surface area (Å²) < 4.78 is 0. The van der Waals surface area contributed by atoms with Crippen molar-refractivity contribution in [1.82, 2.24) is 4.98 Å². The molecule has 2 nitrogen and oxygen atoms in total. The average Bonchev–Trinajstić information content (AvgIpc) is 2.30. The first kappa shape index (κ1) is 12.1. The molecule has 0 aliphatic carbocycles. The van der Waals surface area contributed by atoms with Crippen LogP contribution in [0.2, 0.25) is 0 Å². The van der Waals surface area contributed by atoms with Gasteiger partial charge in [-0.2, -0.15) is 0 Å². The van der Waals surface area contributed by atoms with E-state index in [2.05, 4.69) is 50.0 Å². The molecule has 0 saturated heterocycles. The van der Waals surface area contributed by atoms with Crippen molar-refractivity contribution in [3.05, 3.63) is 41.7 Å². The first-order chi connectivity index (χ1) is 8.03. The number of hydrogen-bond acceptors (Lipinski definition) is 2. The van der Waals surface area contributed by atoms with E-state index in [-0.39, 0.29) is 5.41 Å². The van der Waals surface area contributed by atoms with Crippen molar-refractivity contribution in [1.29, 1.82) is 0 Å². The molecule has 1 aromatic heterocycles. The lowest BCUT2D eigenvalue weighted by atomic mass is 9.86. The molecular weight excluding hydrogens is 208 g/mol. The number of fused-ring (bicyclic) bond motifs is 1. The summed E-state index contributed by atoms with van der Waals surface area (Å²) in [6.45, 7) is 7.18. The van der Waals surface area contributed by atoms with Crippen LogP contribution in [0.3, 0.4) is 0 Å². The minimum absolute atomic E-state index is 0.102. The monoisotopic (exact) mass is 228 g/mol. The molecule has 2 heteroatoms. The first-order valence-corrected chi connectivity index (χ1v) is 6.07. The molecule has 0 atom stereocenters. The highest BCUT2D eigenvalue weighted by Gasteiger charge is 2.18. The van der Waals surface area contributed by atoms with E-state index in [0.717, 1.165) is 12.1 Å². The summed E-state index contributed by atoms with van der Waals surface area (Å²) in [6, 6.07) is 8.47. The highest BCUT2D eigenvalue weighted by atomic mass is 14.7. The number of nitrogens with two attached hydrogens (primary N) is 1. The molecule has 0 bridgehead atoms. The van der Waals surface area contributed by atoms with Gasteiger partial charge in [0.05, 0.1) is 0 Å². The van der Waals surface area contributed by atoms with Gasteiger partial charge in [0.15, 0.2) is 0 Å². The normalized spacial score (nSPS) is 12.0. The molecule has 1 aromatic carbocycles. The quantitative estimate of drug-likeness (QED) is 0.876. The Morgan fingerprint density at radius 3 is 2.65 bits per heavy atom. The molecule has 2 N–H and O–H groups in total. The van der Waals surface area contributed by atoms with Gasteiger partial charge in [0.2, 0.25) is 0 Å². The van der Waals surface area contributed by atoms with Crippen molar-refractivity contribution in [3.63, 3.8) is 0 Å². The van der Waals surface area contributed by atoms with Crippen LogP contribution in [0, 0.1) is 12.3 Å². The fourth-order valence-electron chi connectivity index (χ4n) is 2.09. The maximum atomic E-state index is 5.80. The lowest BCUT2D eigenvalue weighted by Gasteiger charge is -2.22. The fourth-order valence-corrected chi connectivity index (χ4v) is 2.09. The summed E-state index contributed by atoms with van der Waals surface area (Å²) in [5.41, 5.74) is 8.36. The average molecular weight is 228 g/mol. The van der Waals surface area contributed by atoms with Crippen LogP contribution in [-0.4, -0.2) is 11.5 Å². The molecule has 0 saturated carbocycles. The third-order valence-electron chi connectivity index (χ3n) is 3.31. The van der Waals surface area contributed by atoms with Crippen molar-refractivity contribution >= 4 is 10.8 Å². The zero-order chi connectivity index (χ0) is 12.5. The van der Waals surface area contributed by atoms with Crippen LogP contribution in [0.4, 0.5) is 0 Å². The Morgan fingerprint density at radius 1 is 1.18 bits per heavy atom. The zero-order valence-corrected chi connectivity index (χ0v) is 10.8. The van der Waals surface area contributed by atoms with Crippen molar-refractivity contribution in [3.8, 4) is 0 Å². The molecule has 0 spiro atoms. The number of rotatable bonds is 3. The molecule has 0 aliphatic heterocycles. The smallest absolute Gasteiger partial charge is 0.0487 e. The van der Waals surface area contributed by atoms with E-state index in [9.17, 15) is 0 Å². The summed E-state index contributed by atoms with van der Waals surface area (Å²) in [5, 5.41) is 2.55. The van der Waals surface area contributed by atoms with E-state index in [4.69, 9.17) is 5.73 Å². The number of benzene rings is 1. The number of aromatic nitrogens is 1. The van der Waals surface area contributed by atoms with E-state index >= 15 is 0 Å². The molecule has 17 heavy (non-hydrogen) atoms. The maximum absolute atomic E-state index is 5.80. The van der Waals surface area contributed by atoms with Crippen molar-refractivity contribution in [2.24, 2.45) is 11.1 Å². The van der Waals surface area contributed by atoms with Gasteiger partial charge in [-0.3, -0.25) is 4.98 Å². The SMILES string of the molecule is Cc1cccc2c(CC(C)(C)CN)nccc12. The molecule has 0 radical (unpaired) electrons. The summed E-state index contributed by atoms with van der Waals surface area (Å²) >= 11 is 0. The van der Waals surface area contributed by atoms with Crippen LogP contribution < -0.4 is 5.73 Å². The second kappa shape index (κ2) is 4.46. The predicted octanol–water partition coefficient (Wildman–Crippen LogP) is 3.07. The summed E-state index contributed by atoms with van der Waals surface area (Å²) in [4.78, 5) is 4.53. The highest BCUT2D eigenvalue weighted by molar-refractivity contribution is 5.87. The van der Waals surface area contributed by atoms with Gasteiger partial charge >= 0.3 is 0 Å². The van der Waals surface area contributed by atoms with Gasteiger partial charge in [-0.15, -0.1) is 0 Å². The van der Waals surface area contributed by atoms with Gasteiger partial charge < -0.3 is 5.73 Å². The Hall–Kier alpha value is -1.41. The maximum Gasteiger partial charge on any atom is 0.0487 e. The van der Waals surface area contributed by atoms with E-state index in [0.29, 0.717) is 6.54 Å². The molecule has 2 aromatic rings. The van der Waals surface area contributed by atoms with Gasteiger partial charge in [0, 0.05) is 17.3 Å². The lowest BCUT2D eigenvalue weighted by molar-refractivity contribution is 0.374. The van der Waals surface area contributed by atoms with Crippen molar-refractivity contribution in [2.45, 2.75) is 27.2 Å². The molecule has 0 unspecified atom stereocenters. The molecular formula is C15H20N2. The Morgan fingerprint density at radius 2 is 1.94 bits per heavy atom. The number of pyridine rings is 1. The molecule has 2 rings (SSSR count). The van der Waals surface area contributed by atoms with Gasteiger partial charge in [-0.05, 0) is 42.3 Å². The first-order valence-electron chi connectivity index (χ1n) is 6.07. The number of hydrogen-bond donors (Lipinski definition) is 1. The van der Waals surface area contributed by atoms with Crippen molar-refractivity contribution in [2.75, 3.05) is 6.54 Å². The third-order valence-corrected chi connectivity index (χ3v) is 3.31. The van der Waals surface area contributed by atoms with Crippen LogP contribution in [0.15, 0.2) is 30.5 Å². The minimum Gasteiger partial charge on any atom is -0.330 e. The fraction of sp³-hybridized carbons (Fsp3) is 0.400. The van der Waals surface area contributed by atoms with E-state index < -0.39 is 0 Å². The van der Waals surface area contributed by atoms with E-state index in [1.54, 1.807) is 0 Å². The standard InChI is InChI=1S/C15H20N2/c1-11-5-4-6-13-12(11)7-8-17-14(13)9-15(2,3)10-16/h4-8H,9-10,16H2,1-3H3. The van der Waals surface area contributed by atoms with Crippen LogP contribution in [0.25, 0.3) is 10.8 Å². The second-order valence-corrected chi connectivity index (χ2v) is 5.47. The van der Waals surface area contributed by atoms with Crippen LogP contribution in [0.1, 0.15) is 25.1 Å². The third kappa shape index (κ3) is 2.47. The lowest BCUT2D eigenvalue weighted by Crippen LogP contribution is -2.26. The Kier molecular flexibility index (Phi) is 3.16. The number of nitrogens with zero attached hydrogens (tertiary/aromatic N) is 1. The van der Waals surface area contributed by atoms with Gasteiger partial charge in [0.25, 0.3) is 0 Å². The number of aryl methyl sites for hydroxylation is 1. The van der Waals surface area contributed by atoms with Crippen LogP contribution in [0.5, 0.6) is 0 Å². The highest BCUT2D eigenvalue weighted by Crippen LogP contribution is 2.26. The van der Waals surface area contributed by atoms with Gasteiger partial charge in [-0.25, -0.2) is 0 Å². The predicted molar refractivity (Wildman–Crippen MR) is 73.0 cm³/mol. The van der Waals surface area contributed by atoms with Crippen molar-refractivity contribution < 1.29 is 0 Å². The molecule has 90 valence electrons. The zero-order valence-electron chi connectivity index (χ0n) is 10.8. The second-order valence-electron chi connectivity index (χ2n) is 5.47. The molecule has 0 aliphatic rings. The summed E-state index contributed by atoms with van der Waals surface area (Å²) in [5.74, 6) is 0. The van der Waals surface area contributed by atoms with Gasteiger partial charge in [-0.1, -0.05) is 32.0 Å². The molecule has 1 heterocycles. The minimum atomic E-state index is 0.102. The molecule has 0 fully saturated rings. The summed E-state index contributed by atoms with van der Waals surface area (Å²) in [6.07, 6.45) is 2.82. The molecule has 0 amide bonds. The van der Waals surface area contributed by atoms with E-state index in [1.165, 1.54) is 16.3 Å². The van der Waals surface area contributed by atoms with Crippen LogP contribution in [-0.2, 0) is 6.42 Å². The largest absolute Gasteiger partial charge is 0.330 e. The van der Waals surface area contributed by atoms with E-state index in [1.807, 2.05) is 6.20 Å². The van der Waals surface area contributed by atoms with Gasteiger partial charge in [0.1, 0.15) is 0 Å². The Balaban J connectivity index is 2.52. The summed E-state index contributed by atoms with van der Waals surface area (Å²) in [7, 11) is 0. The topological polar surface area (TPSA) is 38.9 Å². The van der Waals surface area contributed by atoms with Crippen LogP contribution >= 0.6 is 0 Å².